The Labute approximate surface area is 75.9 Å². The number of alkyl halides is 1. The van der Waals surface area contributed by atoms with Crippen molar-refractivity contribution in [2.24, 2.45) is 5.92 Å². The first-order valence-corrected chi connectivity index (χ1v) is 4.97. The lowest BCUT2D eigenvalue weighted by atomic mass is 10.2. The van der Waals surface area contributed by atoms with Crippen LogP contribution in [0, 0.1) is 5.92 Å². The Hall–Kier alpha value is -0.0500. The third-order valence-corrected chi connectivity index (χ3v) is 2.48. The number of hydrogen-bond acceptors (Lipinski definition) is 1. The molecule has 0 aromatic rings. The molecule has 1 saturated carbocycles. The molecular weight excluding hydrogens is 206 g/mol. The highest BCUT2D eigenvalue weighted by Gasteiger charge is 2.29. The predicted molar refractivity (Wildman–Crippen MR) is 48.7 cm³/mol. The second-order valence-corrected chi connectivity index (χ2v) is 4.62. The Morgan fingerprint density at radius 1 is 1.55 bits per heavy atom. The van der Waals surface area contributed by atoms with Crippen LogP contribution in [0.1, 0.15) is 26.7 Å². The molecule has 1 amide bonds. The average molecular weight is 220 g/mol. The van der Waals surface area contributed by atoms with E-state index in [1.54, 1.807) is 0 Å². The van der Waals surface area contributed by atoms with Crippen LogP contribution >= 0.6 is 15.9 Å². The van der Waals surface area contributed by atoms with Crippen LogP contribution in [0.4, 0.5) is 0 Å². The molecule has 0 aliphatic heterocycles. The second kappa shape index (κ2) is 3.57. The fourth-order valence-electron chi connectivity index (χ4n) is 1.05. The number of hydrogen-bond donors (Lipinski definition) is 1. The van der Waals surface area contributed by atoms with Gasteiger partial charge in [-0.3, -0.25) is 4.79 Å². The molecule has 0 heterocycles. The topological polar surface area (TPSA) is 29.1 Å². The van der Waals surface area contributed by atoms with Gasteiger partial charge in [-0.1, -0.05) is 15.9 Å². The highest BCUT2D eigenvalue weighted by molar-refractivity contribution is 9.10. The zero-order chi connectivity index (χ0) is 8.43. The Balaban J connectivity index is 2.23. The SMILES string of the molecule is CC(Br)C(=O)NC(C)C1CC1. The van der Waals surface area contributed by atoms with Gasteiger partial charge in [0.1, 0.15) is 0 Å². The molecule has 1 aliphatic rings. The molecule has 0 spiro atoms. The van der Waals surface area contributed by atoms with Gasteiger partial charge in [0.25, 0.3) is 0 Å². The first-order valence-electron chi connectivity index (χ1n) is 4.05. The average Bonchev–Trinajstić information content (AvgIpc) is 2.67. The first kappa shape index (κ1) is 9.04. The maximum Gasteiger partial charge on any atom is 0.233 e. The highest BCUT2D eigenvalue weighted by atomic mass is 79.9. The van der Waals surface area contributed by atoms with Crippen molar-refractivity contribution in [3.05, 3.63) is 0 Å². The van der Waals surface area contributed by atoms with Crippen molar-refractivity contribution in [1.82, 2.24) is 5.32 Å². The van der Waals surface area contributed by atoms with E-state index in [-0.39, 0.29) is 10.7 Å². The van der Waals surface area contributed by atoms with E-state index < -0.39 is 0 Å². The number of nitrogens with one attached hydrogen (secondary N) is 1. The summed E-state index contributed by atoms with van der Waals surface area (Å²) in [5.74, 6) is 0.842. The molecule has 0 bridgehead atoms. The zero-order valence-corrected chi connectivity index (χ0v) is 8.52. The van der Waals surface area contributed by atoms with Crippen LogP contribution in [0.3, 0.4) is 0 Å². The predicted octanol–water partition coefficient (Wildman–Crippen LogP) is 1.68. The third kappa shape index (κ3) is 2.81. The largest absolute Gasteiger partial charge is 0.352 e. The standard InChI is InChI=1S/C8H14BrNO/c1-5(9)8(11)10-6(2)7-3-4-7/h5-7H,3-4H2,1-2H3,(H,10,11). The van der Waals surface area contributed by atoms with Gasteiger partial charge < -0.3 is 5.32 Å². The number of rotatable bonds is 3. The summed E-state index contributed by atoms with van der Waals surface area (Å²) < 4.78 is 0. The quantitative estimate of drug-likeness (QED) is 0.720. The first-order chi connectivity index (χ1) is 5.11. The molecular formula is C8H14BrNO. The van der Waals surface area contributed by atoms with Crippen LogP contribution in [0.25, 0.3) is 0 Å². The lowest BCUT2D eigenvalue weighted by molar-refractivity contribution is -0.120. The zero-order valence-electron chi connectivity index (χ0n) is 6.93. The number of carbonyl (C=O) groups excluding carboxylic acids is 1. The summed E-state index contributed by atoms with van der Waals surface area (Å²) in [6, 6.07) is 0.363. The maximum atomic E-state index is 11.1. The molecule has 11 heavy (non-hydrogen) atoms. The smallest absolute Gasteiger partial charge is 0.233 e. The summed E-state index contributed by atoms with van der Waals surface area (Å²) >= 11 is 3.23. The molecule has 1 rings (SSSR count). The lowest BCUT2D eigenvalue weighted by Gasteiger charge is -2.13. The number of carbonyl (C=O) groups is 1. The summed E-state index contributed by atoms with van der Waals surface area (Å²) in [6.07, 6.45) is 2.55. The summed E-state index contributed by atoms with van der Waals surface area (Å²) in [5.41, 5.74) is 0. The Kier molecular flexibility index (Phi) is 2.93. The summed E-state index contributed by atoms with van der Waals surface area (Å²) in [5, 5.41) is 2.96. The molecule has 0 radical (unpaired) electrons. The Morgan fingerprint density at radius 3 is 2.45 bits per heavy atom. The summed E-state index contributed by atoms with van der Waals surface area (Å²) in [4.78, 5) is 11.1. The van der Waals surface area contributed by atoms with Gasteiger partial charge in [0.05, 0.1) is 4.83 Å². The van der Waals surface area contributed by atoms with E-state index in [0.717, 1.165) is 5.92 Å². The fraction of sp³-hybridized carbons (Fsp3) is 0.875. The Bertz CT molecular complexity index is 154. The molecule has 2 atom stereocenters. The summed E-state index contributed by atoms with van der Waals surface area (Å²) in [7, 11) is 0. The normalized spacial score (nSPS) is 22.5. The molecule has 64 valence electrons. The van der Waals surface area contributed by atoms with Gasteiger partial charge in [0, 0.05) is 6.04 Å². The van der Waals surface area contributed by atoms with Crippen LogP contribution in [-0.4, -0.2) is 16.8 Å². The molecule has 0 aromatic carbocycles. The van der Waals surface area contributed by atoms with E-state index in [1.807, 2.05) is 6.92 Å². The van der Waals surface area contributed by atoms with Crippen LogP contribution < -0.4 is 5.32 Å². The van der Waals surface area contributed by atoms with Crippen LogP contribution in [0.5, 0.6) is 0 Å². The van der Waals surface area contributed by atoms with Gasteiger partial charge in [-0.15, -0.1) is 0 Å². The second-order valence-electron chi connectivity index (χ2n) is 3.25. The molecule has 2 nitrogen and oxygen atoms in total. The third-order valence-electron chi connectivity index (χ3n) is 2.06. The lowest BCUT2D eigenvalue weighted by Crippen LogP contribution is -2.37. The van der Waals surface area contributed by atoms with Crippen molar-refractivity contribution >= 4 is 21.8 Å². The van der Waals surface area contributed by atoms with Crippen molar-refractivity contribution in [1.29, 1.82) is 0 Å². The van der Waals surface area contributed by atoms with E-state index in [2.05, 4.69) is 28.2 Å². The van der Waals surface area contributed by atoms with Crippen molar-refractivity contribution in [3.63, 3.8) is 0 Å². The van der Waals surface area contributed by atoms with Crippen molar-refractivity contribution in [2.75, 3.05) is 0 Å². The molecule has 0 saturated heterocycles. The van der Waals surface area contributed by atoms with E-state index in [9.17, 15) is 4.79 Å². The molecule has 2 unspecified atom stereocenters. The van der Waals surface area contributed by atoms with Gasteiger partial charge in [0.2, 0.25) is 5.91 Å². The minimum Gasteiger partial charge on any atom is -0.352 e. The van der Waals surface area contributed by atoms with Crippen molar-refractivity contribution in [2.45, 2.75) is 37.6 Å². The van der Waals surface area contributed by atoms with Crippen LogP contribution in [-0.2, 0) is 4.79 Å². The maximum absolute atomic E-state index is 11.1. The van der Waals surface area contributed by atoms with E-state index >= 15 is 0 Å². The van der Waals surface area contributed by atoms with Crippen molar-refractivity contribution in [3.8, 4) is 0 Å². The van der Waals surface area contributed by atoms with Gasteiger partial charge >= 0.3 is 0 Å². The van der Waals surface area contributed by atoms with Gasteiger partial charge in [-0.25, -0.2) is 0 Å². The number of halogens is 1. The molecule has 1 fully saturated rings. The fourth-order valence-corrected chi connectivity index (χ4v) is 1.19. The van der Waals surface area contributed by atoms with Gasteiger partial charge in [-0.2, -0.15) is 0 Å². The van der Waals surface area contributed by atoms with Crippen LogP contribution in [0.2, 0.25) is 0 Å². The summed E-state index contributed by atoms with van der Waals surface area (Å²) in [6.45, 7) is 3.92. The number of amides is 1. The van der Waals surface area contributed by atoms with Gasteiger partial charge in [0.15, 0.2) is 0 Å². The van der Waals surface area contributed by atoms with Crippen LogP contribution in [0.15, 0.2) is 0 Å². The monoisotopic (exact) mass is 219 g/mol. The molecule has 1 aliphatic carbocycles. The minimum absolute atomic E-state index is 0.0660. The highest BCUT2D eigenvalue weighted by Crippen LogP contribution is 2.32. The Morgan fingerprint density at radius 2 is 2.09 bits per heavy atom. The van der Waals surface area contributed by atoms with Crippen molar-refractivity contribution < 1.29 is 4.79 Å². The van der Waals surface area contributed by atoms with E-state index in [0.29, 0.717) is 6.04 Å². The van der Waals surface area contributed by atoms with Gasteiger partial charge in [-0.05, 0) is 32.6 Å². The van der Waals surface area contributed by atoms with E-state index in [4.69, 9.17) is 0 Å². The van der Waals surface area contributed by atoms with E-state index in [1.165, 1.54) is 12.8 Å². The molecule has 3 heteroatoms. The molecule has 1 N–H and O–H groups in total. The molecule has 0 aromatic heterocycles. The minimum atomic E-state index is -0.0660.